The monoisotopic (exact) mass is 271 g/mol. The summed E-state index contributed by atoms with van der Waals surface area (Å²) in [5.41, 5.74) is 0. The van der Waals surface area contributed by atoms with Gasteiger partial charge in [0.1, 0.15) is 5.75 Å². The van der Waals surface area contributed by atoms with Crippen molar-refractivity contribution >= 4 is 17.5 Å². The van der Waals surface area contributed by atoms with Gasteiger partial charge in [0, 0.05) is 13.2 Å². The molecule has 0 heterocycles. The SMILES string of the molecule is COCC(C)NC(=O)C(C)Oc1ccccc1Cl. The van der Waals surface area contributed by atoms with E-state index in [2.05, 4.69) is 5.32 Å². The molecule has 1 amide bonds. The Morgan fingerprint density at radius 1 is 1.39 bits per heavy atom. The van der Waals surface area contributed by atoms with Gasteiger partial charge in [0.2, 0.25) is 0 Å². The molecule has 0 fully saturated rings. The number of benzene rings is 1. The molecular weight excluding hydrogens is 254 g/mol. The molecule has 100 valence electrons. The average Bonchev–Trinajstić information content (AvgIpc) is 2.32. The molecular formula is C13H18ClNO3. The number of para-hydroxylation sites is 1. The number of amides is 1. The van der Waals surface area contributed by atoms with Crippen LogP contribution in [-0.2, 0) is 9.53 Å². The van der Waals surface area contributed by atoms with Gasteiger partial charge in [-0.25, -0.2) is 0 Å². The summed E-state index contributed by atoms with van der Waals surface area (Å²) in [5.74, 6) is 0.306. The standard InChI is InChI=1S/C13H18ClNO3/c1-9(8-17-3)15-13(16)10(2)18-12-7-5-4-6-11(12)14/h4-7,9-10H,8H2,1-3H3,(H,15,16). The third kappa shape index (κ3) is 4.55. The highest BCUT2D eigenvalue weighted by atomic mass is 35.5. The summed E-state index contributed by atoms with van der Waals surface area (Å²) in [4.78, 5) is 11.8. The van der Waals surface area contributed by atoms with E-state index in [-0.39, 0.29) is 11.9 Å². The highest BCUT2D eigenvalue weighted by molar-refractivity contribution is 6.32. The number of nitrogens with one attached hydrogen (secondary N) is 1. The fourth-order valence-corrected chi connectivity index (χ4v) is 1.62. The summed E-state index contributed by atoms with van der Waals surface area (Å²) >= 11 is 5.95. The molecule has 1 aromatic carbocycles. The largest absolute Gasteiger partial charge is 0.479 e. The molecule has 0 radical (unpaired) electrons. The minimum Gasteiger partial charge on any atom is -0.479 e. The van der Waals surface area contributed by atoms with Crippen molar-refractivity contribution in [2.24, 2.45) is 0 Å². The minimum atomic E-state index is -0.607. The minimum absolute atomic E-state index is 0.0557. The van der Waals surface area contributed by atoms with E-state index in [1.807, 2.05) is 6.92 Å². The summed E-state index contributed by atoms with van der Waals surface area (Å²) in [7, 11) is 1.59. The molecule has 18 heavy (non-hydrogen) atoms. The van der Waals surface area contributed by atoms with Crippen molar-refractivity contribution in [3.63, 3.8) is 0 Å². The van der Waals surface area contributed by atoms with Crippen molar-refractivity contribution in [2.45, 2.75) is 26.0 Å². The summed E-state index contributed by atoms with van der Waals surface area (Å²) in [6, 6.07) is 7.00. The van der Waals surface area contributed by atoms with Crippen LogP contribution < -0.4 is 10.1 Å². The van der Waals surface area contributed by atoms with Gasteiger partial charge < -0.3 is 14.8 Å². The number of ether oxygens (including phenoxy) is 2. The number of methoxy groups -OCH3 is 1. The molecule has 1 N–H and O–H groups in total. The second kappa shape index (κ2) is 7.24. The molecule has 1 rings (SSSR count). The van der Waals surface area contributed by atoms with Crippen LogP contribution in [-0.4, -0.2) is 31.8 Å². The van der Waals surface area contributed by atoms with Gasteiger partial charge in [-0.1, -0.05) is 23.7 Å². The van der Waals surface area contributed by atoms with Crippen molar-refractivity contribution in [1.29, 1.82) is 0 Å². The first kappa shape index (κ1) is 14.8. The van der Waals surface area contributed by atoms with Crippen LogP contribution in [0.1, 0.15) is 13.8 Å². The van der Waals surface area contributed by atoms with Crippen LogP contribution in [0.15, 0.2) is 24.3 Å². The van der Waals surface area contributed by atoms with Gasteiger partial charge in [0.15, 0.2) is 6.10 Å². The number of carbonyl (C=O) groups excluding carboxylic acids is 1. The Bertz CT molecular complexity index is 398. The molecule has 0 aromatic heterocycles. The Morgan fingerprint density at radius 3 is 2.67 bits per heavy atom. The topological polar surface area (TPSA) is 47.6 Å². The summed E-state index contributed by atoms with van der Waals surface area (Å²) < 4.78 is 10.4. The van der Waals surface area contributed by atoms with Crippen LogP contribution in [0.2, 0.25) is 5.02 Å². The third-order valence-electron chi connectivity index (χ3n) is 2.31. The van der Waals surface area contributed by atoms with Crippen LogP contribution >= 0.6 is 11.6 Å². The van der Waals surface area contributed by atoms with E-state index in [4.69, 9.17) is 21.1 Å². The van der Waals surface area contributed by atoms with Crippen LogP contribution in [0.3, 0.4) is 0 Å². The molecule has 0 aliphatic rings. The molecule has 2 unspecified atom stereocenters. The summed E-state index contributed by atoms with van der Waals surface area (Å²) in [6.07, 6.45) is -0.607. The molecule has 0 spiro atoms. The van der Waals surface area contributed by atoms with Gasteiger partial charge in [0.05, 0.1) is 11.6 Å². The average molecular weight is 272 g/mol. The molecule has 0 saturated carbocycles. The van der Waals surface area contributed by atoms with Gasteiger partial charge in [-0.05, 0) is 26.0 Å². The maximum Gasteiger partial charge on any atom is 0.261 e. The maximum atomic E-state index is 11.8. The van der Waals surface area contributed by atoms with E-state index in [1.54, 1.807) is 38.3 Å². The second-order valence-electron chi connectivity index (χ2n) is 4.06. The molecule has 0 bridgehead atoms. The van der Waals surface area contributed by atoms with Crippen LogP contribution in [0.4, 0.5) is 0 Å². The Morgan fingerprint density at radius 2 is 2.06 bits per heavy atom. The van der Waals surface area contributed by atoms with Crippen molar-refractivity contribution in [3.8, 4) is 5.75 Å². The molecule has 1 aromatic rings. The Labute approximate surface area is 112 Å². The fourth-order valence-electron chi connectivity index (χ4n) is 1.44. The number of hydrogen-bond donors (Lipinski definition) is 1. The Kier molecular flexibility index (Phi) is 5.95. The summed E-state index contributed by atoms with van der Waals surface area (Å²) in [5, 5.41) is 3.28. The zero-order chi connectivity index (χ0) is 13.5. The second-order valence-corrected chi connectivity index (χ2v) is 4.46. The quantitative estimate of drug-likeness (QED) is 0.863. The van der Waals surface area contributed by atoms with Crippen molar-refractivity contribution < 1.29 is 14.3 Å². The first-order chi connectivity index (χ1) is 8.54. The van der Waals surface area contributed by atoms with Crippen LogP contribution in [0.5, 0.6) is 5.75 Å². The lowest BCUT2D eigenvalue weighted by Crippen LogP contribution is -2.43. The molecule has 5 heteroatoms. The van der Waals surface area contributed by atoms with Crippen molar-refractivity contribution in [1.82, 2.24) is 5.32 Å². The van der Waals surface area contributed by atoms with Gasteiger partial charge in [-0.2, -0.15) is 0 Å². The van der Waals surface area contributed by atoms with E-state index in [0.717, 1.165) is 0 Å². The van der Waals surface area contributed by atoms with Gasteiger partial charge >= 0.3 is 0 Å². The van der Waals surface area contributed by atoms with E-state index in [9.17, 15) is 4.79 Å². The highest BCUT2D eigenvalue weighted by Crippen LogP contribution is 2.24. The smallest absolute Gasteiger partial charge is 0.261 e. The Balaban J connectivity index is 2.52. The van der Waals surface area contributed by atoms with E-state index in [0.29, 0.717) is 17.4 Å². The lowest BCUT2D eigenvalue weighted by molar-refractivity contribution is -0.128. The van der Waals surface area contributed by atoms with Gasteiger partial charge in [0.25, 0.3) is 5.91 Å². The van der Waals surface area contributed by atoms with Crippen LogP contribution in [0.25, 0.3) is 0 Å². The predicted octanol–water partition coefficient (Wildman–Crippen LogP) is 2.26. The molecule has 4 nitrogen and oxygen atoms in total. The normalized spacial score (nSPS) is 13.8. The first-order valence-corrected chi connectivity index (χ1v) is 6.13. The maximum absolute atomic E-state index is 11.8. The van der Waals surface area contributed by atoms with Gasteiger partial charge in [-0.3, -0.25) is 4.79 Å². The van der Waals surface area contributed by atoms with Crippen LogP contribution in [0, 0.1) is 0 Å². The number of rotatable bonds is 6. The predicted molar refractivity (Wildman–Crippen MR) is 71.0 cm³/mol. The van der Waals surface area contributed by atoms with Crippen molar-refractivity contribution in [2.75, 3.05) is 13.7 Å². The highest BCUT2D eigenvalue weighted by Gasteiger charge is 2.17. The van der Waals surface area contributed by atoms with E-state index < -0.39 is 6.10 Å². The number of carbonyl (C=O) groups is 1. The molecule has 0 aliphatic carbocycles. The van der Waals surface area contributed by atoms with E-state index in [1.165, 1.54) is 0 Å². The third-order valence-corrected chi connectivity index (χ3v) is 2.63. The Hall–Kier alpha value is -1.26. The molecule has 0 aliphatic heterocycles. The summed E-state index contributed by atoms with van der Waals surface area (Å²) in [6.45, 7) is 4.01. The fraction of sp³-hybridized carbons (Fsp3) is 0.462. The van der Waals surface area contributed by atoms with E-state index >= 15 is 0 Å². The zero-order valence-corrected chi connectivity index (χ0v) is 11.5. The lowest BCUT2D eigenvalue weighted by atomic mass is 10.3. The first-order valence-electron chi connectivity index (χ1n) is 5.75. The molecule has 0 saturated heterocycles. The lowest BCUT2D eigenvalue weighted by Gasteiger charge is -2.18. The number of hydrogen-bond acceptors (Lipinski definition) is 3. The zero-order valence-electron chi connectivity index (χ0n) is 10.8. The molecule has 2 atom stereocenters. The number of halogens is 1. The van der Waals surface area contributed by atoms with Crippen molar-refractivity contribution in [3.05, 3.63) is 29.3 Å². The van der Waals surface area contributed by atoms with Gasteiger partial charge in [-0.15, -0.1) is 0 Å².